The van der Waals surface area contributed by atoms with Crippen molar-refractivity contribution in [1.29, 1.82) is 0 Å². The minimum Gasteiger partial charge on any atom is -0.377 e. The van der Waals surface area contributed by atoms with E-state index in [4.69, 9.17) is 4.74 Å². The quantitative estimate of drug-likeness (QED) is 0.899. The van der Waals surface area contributed by atoms with Gasteiger partial charge in [-0.1, -0.05) is 6.07 Å². The molecule has 0 bridgehead atoms. The van der Waals surface area contributed by atoms with E-state index in [0.29, 0.717) is 6.10 Å². The van der Waals surface area contributed by atoms with Crippen LogP contribution in [0.4, 0.5) is 4.79 Å². The van der Waals surface area contributed by atoms with Gasteiger partial charge in [0.1, 0.15) is 0 Å². The topological polar surface area (TPSA) is 44.8 Å². The van der Waals surface area contributed by atoms with Crippen molar-refractivity contribution in [2.45, 2.75) is 25.4 Å². The molecule has 2 saturated heterocycles. The molecule has 0 radical (unpaired) electrons. The fourth-order valence-corrected chi connectivity index (χ4v) is 3.78. The summed E-state index contributed by atoms with van der Waals surface area (Å²) in [5, 5.41) is 5.10. The van der Waals surface area contributed by atoms with Crippen molar-refractivity contribution < 1.29 is 9.53 Å². The summed E-state index contributed by atoms with van der Waals surface area (Å²) in [5.41, 5.74) is 0. The van der Waals surface area contributed by atoms with Crippen LogP contribution in [0, 0.1) is 0 Å². The number of ether oxygens (including phenoxy) is 1. The van der Waals surface area contributed by atoms with Gasteiger partial charge in [-0.05, 0) is 30.7 Å². The Hall–Kier alpha value is -1.11. The molecule has 6 heteroatoms. The molecule has 2 amide bonds. The number of hydrogen-bond donors (Lipinski definition) is 1. The number of nitrogens with zero attached hydrogens (tertiary/aromatic N) is 2. The summed E-state index contributed by atoms with van der Waals surface area (Å²) >= 11 is 1.74. The molecular weight excluding hydrogens is 298 g/mol. The molecule has 2 aliphatic rings. The molecule has 5 nitrogen and oxygen atoms in total. The van der Waals surface area contributed by atoms with Crippen molar-refractivity contribution in [2.75, 3.05) is 45.9 Å². The van der Waals surface area contributed by atoms with Crippen LogP contribution in [0.5, 0.6) is 0 Å². The largest absolute Gasteiger partial charge is 0.377 e. The Kier molecular flexibility index (Phi) is 5.70. The van der Waals surface area contributed by atoms with Gasteiger partial charge < -0.3 is 15.0 Å². The Morgan fingerprint density at radius 1 is 1.36 bits per heavy atom. The van der Waals surface area contributed by atoms with Crippen molar-refractivity contribution in [2.24, 2.45) is 0 Å². The first-order valence-corrected chi connectivity index (χ1v) is 9.08. The lowest BCUT2D eigenvalue weighted by atomic mass is 10.2. The van der Waals surface area contributed by atoms with Crippen LogP contribution in [0.3, 0.4) is 0 Å². The van der Waals surface area contributed by atoms with Gasteiger partial charge in [0.05, 0.1) is 6.10 Å². The Balaban J connectivity index is 1.32. The summed E-state index contributed by atoms with van der Waals surface area (Å²) < 4.78 is 5.68. The molecule has 1 unspecified atom stereocenters. The van der Waals surface area contributed by atoms with Gasteiger partial charge in [0.2, 0.25) is 0 Å². The van der Waals surface area contributed by atoms with E-state index in [-0.39, 0.29) is 6.03 Å². The Bertz CT molecular complexity index is 452. The monoisotopic (exact) mass is 323 g/mol. The molecule has 0 spiro atoms. The van der Waals surface area contributed by atoms with Crippen LogP contribution in [0.2, 0.25) is 0 Å². The van der Waals surface area contributed by atoms with Gasteiger partial charge in [0.15, 0.2) is 0 Å². The SMILES string of the molecule is O=C(NCCc1cccs1)N1CCN(CC2CCCO2)CC1. The molecule has 3 heterocycles. The number of hydrogen-bond acceptors (Lipinski definition) is 4. The van der Waals surface area contributed by atoms with Crippen molar-refractivity contribution >= 4 is 17.4 Å². The number of nitrogens with one attached hydrogen (secondary N) is 1. The number of rotatable bonds is 5. The third-order valence-corrected chi connectivity index (χ3v) is 5.31. The third-order valence-electron chi connectivity index (χ3n) is 4.37. The van der Waals surface area contributed by atoms with Crippen LogP contribution >= 0.6 is 11.3 Å². The maximum atomic E-state index is 12.2. The number of thiophene rings is 1. The highest BCUT2D eigenvalue weighted by molar-refractivity contribution is 7.09. The lowest BCUT2D eigenvalue weighted by Gasteiger charge is -2.35. The average molecular weight is 323 g/mol. The predicted octanol–water partition coefficient (Wildman–Crippen LogP) is 1.80. The van der Waals surface area contributed by atoms with E-state index in [9.17, 15) is 4.79 Å². The molecule has 1 aromatic rings. The van der Waals surface area contributed by atoms with Gasteiger partial charge in [0, 0.05) is 50.8 Å². The predicted molar refractivity (Wildman–Crippen MR) is 88.4 cm³/mol. The molecule has 0 aromatic carbocycles. The number of carbonyl (C=O) groups excluding carboxylic acids is 1. The van der Waals surface area contributed by atoms with Crippen molar-refractivity contribution in [3.8, 4) is 0 Å². The molecule has 1 aromatic heterocycles. The smallest absolute Gasteiger partial charge is 0.317 e. The number of carbonyl (C=O) groups is 1. The first-order chi connectivity index (χ1) is 10.8. The summed E-state index contributed by atoms with van der Waals surface area (Å²) in [6, 6.07) is 4.24. The number of urea groups is 1. The Morgan fingerprint density at radius 2 is 2.23 bits per heavy atom. The molecule has 22 heavy (non-hydrogen) atoms. The zero-order valence-electron chi connectivity index (χ0n) is 13.0. The van der Waals surface area contributed by atoms with Crippen LogP contribution in [0.25, 0.3) is 0 Å². The van der Waals surface area contributed by atoms with E-state index in [2.05, 4.69) is 27.7 Å². The fourth-order valence-electron chi connectivity index (χ4n) is 3.07. The zero-order chi connectivity index (χ0) is 15.2. The molecule has 3 rings (SSSR count). The Labute approximate surface area is 136 Å². The van der Waals surface area contributed by atoms with E-state index in [1.807, 2.05) is 4.90 Å². The molecule has 122 valence electrons. The summed E-state index contributed by atoms with van der Waals surface area (Å²) in [6.45, 7) is 6.20. The van der Waals surface area contributed by atoms with Gasteiger partial charge in [-0.25, -0.2) is 4.79 Å². The van der Waals surface area contributed by atoms with Crippen LogP contribution in [0.15, 0.2) is 17.5 Å². The number of piperazine rings is 1. The molecule has 1 N–H and O–H groups in total. The van der Waals surface area contributed by atoms with Gasteiger partial charge in [-0.15, -0.1) is 11.3 Å². The highest BCUT2D eigenvalue weighted by atomic mass is 32.1. The number of amides is 2. The average Bonchev–Trinajstić information content (AvgIpc) is 3.21. The third kappa shape index (κ3) is 4.44. The van der Waals surface area contributed by atoms with E-state index < -0.39 is 0 Å². The van der Waals surface area contributed by atoms with Crippen molar-refractivity contribution in [3.63, 3.8) is 0 Å². The summed E-state index contributed by atoms with van der Waals surface area (Å²) in [4.78, 5) is 17.8. The van der Waals surface area contributed by atoms with E-state index in [1.54, 1.807) is 11.3 Å². The van der Waals surface area contributed by atoms with Crippen molar-refractivity contribution in [3.05, 3.63) is 22.4 Å². The highest BCUT2D eigenvalue weighted by Crippen LogP contribution is 2.14. The molecule has 1 atom stereocenters. The zero-order valence-corrected chi connectivity index (χ0v) is 13.8. The second-order valence-electron chi connectivity index (χ2n) is 5.98. The Morgan fingerprint density at radius 3 is 2.91 bits per heavy atom. The van der Waals surface area contributed by atoms with Gasteiger partial charge in [0.25, 0.3) is 0 Å². The van der Waals surface area contributed by atoms with Gasteiger partial charge >= 0.3 is 6.03 Å². The second kappa shape index (κ2) is 7.94. The normalized spacial score (nSPS) is 22.9. The standard InChI is InChI=1S/C16H25N3O2S/c20-16(17-6-5-15-4-2-12-22-15)19-9-7-18(8-10-19)13-14-3-1-11-21-14/h2,4,12,14H,1,3,5-11,13H2,(H,17,20). The minimum atomic E-state index is 0.0772. The van der Waals surface area contributed by atoms with Crippen LogP contribution in [0.1, 0.15) is 17.7 Å². The maximum absolute atomic E-state index is 12.2. The summed E-state index contributed by atoms with van der Waals surface area (Å²) in [5.74, 6) is 0. The first-order valence-electron chi connectivity index (χ1n) is 8.20. The van der Waals surface area contributed by atoms with E-state index in [1.165, 1.54) is 17.7 Å². The molecule has 0 saturated carbocycles. The van der Waals surface area contributed by atoms with Crippen LogP contribution in [-0.2, 0) is 11.2 Å². The maximum Gasteiger partial charge on any atom is 0.317 e. The highest BCUT2D eigenvalue weighted by Gasteiger charge is 2.24. The van der Waals surface area contributed by atoms with Gasteiger partial charge in [-0.3, -0.25) is 4.90 Å². The van der Waals surface area contributed by atoms with E-state index in [0.717, 1.165) is 52.3 Å². The fraction of sp³-hybridized carbons (Fsp3) is 0.688. The lowest BCUT2D eigenvalue weighted by Crippen LogP contribution is -2.53. The first kappa shape index (κ1) is 15.8. The lowest BCUT2D eigenvalue weighted by molar-refractivity contribution is 0.0561. The molecule has 2 aliphatic heterocycles. The van der Waals surface area contributed by atoms with Crippen LogP contribution in [-0.4, -0.2) is 67.8 Å². The molecule has 2 fully saturated rings. The van der Waals surface area contributed by atoms with Crippen molar-refractivity contribution in [1.82, 2.24) is 15.1 Å². The summed E-state index contributed by atoms with van der Waals surface area (Å²) in [6.07, 6.45) is 3.70. The minimum absolute atomic E-state index is 0.0772. The summed E-state index contributed by atoms with van der Waals surface area (Å²) in [7, 11) is 0. The second-order valence-corrected chi connectivity index (χ2v) is 7.02. The molecule has 0 aliphatic carbocycles. The van der Waals surface area contributed by atoms with E-state index >= 15 is 0 Å². The molecular formula is C16H25N3O2S. The van der Waals surface area contributed by atoms with Crippen LogP contribution < -0.4 is 5.32 Å². The van der Waals surface area contributed by atoms with Gasteiger partial charge in [-0.2, -0.15) is 0 Å².